The first-order valence-electron chi connectivity index (χ1n) is 7.85. The van der Waals surface area contributed by atoms with Crippen molar-refractivity contribution in [3.05, 3.63) is 41.5 Å². The molecule has 7 heteroatoms. The van der Waals surface area contributed by atoms with Gasteiger partial charge in [0.05, 0.1) is 12.1 Å². The van der Waals surface area contributed by atoms with E-state index in [0.29, 0.717) is 11.7 Å². The topological polar surface area (TPSA) is 97.1 Å². The summed E-state index contributed by atoms with van der Waals surface area (Å²) in [7, 11) is 0. The second-order valence-electron chi connectivity index (χ2n) is 6.08. The zero-order valence-electron chi connectivity index (χ0n) is 14.3. The Morgan fingerprint density at radius 3 is 2.54 bits per heavy atom. The van der Waals surface area contributed by atoms with Crippen LogP contribution in [0.2, 0.25) is 0 Å². The number of benzene rings is 1. The largest absolute Gasteiger partial charge is 0.481 e. The Morgan fingerprint density at radius 2 is 1.92 bits per heavy atom. The fourth-order valence-electron chi connectivity index (χ4n) is 2.48. The van der Waals surface area contributed by atoms with Gasteiger partial charge < -0.3 is 10.4 Å². The molecule has 2 rings (SSSR count). The van der Waals surface area contributed by atoms with E-state index in [0.717, 1.165) is 11.3 Å². The van der Waals surface area contributed by atoms with E-state index in [2.05, 4.69) is 29.2 Å². The number of hydrogen-bond donors (Lipinski definition) is 2. The molecule has 1 amide bonds. The van der Waals surface area contributed by atoms with Crippen LogP contribution >= 0.6 is 0 Å². The average Bonchev–Trinajstić information content (AvgIpc) is 2.88. The number of nitrogens with zero attached hydrogens (tertiary/aromatic N) is 3. The summed E-state index contributed by atoms with van der Waals surface area (Å²) in [5.74, 6) is -0.518. The Kier molecular flexibility index (Phi) is 5.33. The van der Waals surface area contributed by atoms with E-state index in [9.17, 15) is 9.59 Å². The molecule has 0 spiro atoms. The van der Waals surface area contributed by atoms with E-state index in [1.807, 2.05) is 24.3 Å². The number of hydrogen-bond acceptors (Lipinski definition) is 4. The molecule has 0 radical (unpaired) electrons. The molecule has 1 aromatic carbocycles. The Hall–Kier alpha value is -2.70. The van der Waals surface area contributed by atoms with E-state index in [1.165, 1.54) is 0 Å². The van der Waals surface area contributed by atoms with E-state index >= 15 is 0 Å². The molecule has 128 valence electrons. The second-order valence-corrected chi connectivity index (χ2v) is 6.08. The average molecular weight is 330 g/mol. The summed E-state index contributed by atoms with van der Waals surface area (Å²) < 4.78 is 1.64. The third-order valence-corrected chi connectivity index (χ3v) is 3.62. The highest BCUT2D eigenvalue weighted by Crippen LogP contribution is 2.23. The summed E-state index contributed by atoms with van der Waals surface area (Å²) in [4.78, 5) is 27.1. The van der Waals surface area contributed by atoms with Gasteiger partial charge in [0.15, 0.2) is 0 Å². The van der Waals surface area contributed by atoms with Gasteiger partial charge in [0.1, 0.15) is 5.82 Å². The molecule has 1 atom stereocenters. The van der Waals surface area contributed by atoms with Crippen molar-refractivity contribution in [2.45, 2.75) is 46.1 Å². The fourth-order valence-corrected chi connectivity index (χ4v) is 2.48. The molecule has 7 nitrogen and oxygen atoms in total. The third kappa shape index (κ3) is 3.98. The molecule has 2 N–H and O–H groups in total. The van der Waals surface area contributed by atoms with Crippen molar-refractivity contribution in [2.75, 3.05) is 0 Å². The standard InChI is InChI=1S/C17H22N4O3/c1-10(2)13-7-5-6-8-14(13)21-12(4)19-16(20-21)17(24)18-11(3)9-15(22)23/h5-8,10-11H,9H2,1-4H3,(H,18,24)(H,22,23). The van der Waals surface area contributed by atoms with Crippen molar-refractivity contribution >= 4 is 11.9 Å². The predicted molar refractivity (Wildman–Crippen MR) is 89.4 cm³/mol. The number of aliphatic carboxylic acids is 1. The van der Waals surface area contributed by atoms with Gasteiger partial charge >= 0.3 is 5.97 Å². The lowest BCUT2D eigenvalue weighted by atomic mass is 10.0. The van der Waals surface area contributed by atoms with Gasteiger partial charge in [-0.2, -0.15) is 0 Å². The molecule has 0 aliphatic rings. The van der Waals surface area contributed by atoms with Crippen LogP contribution in [0.4, 0.5) is 0 Å². The van der Waals surface area contributed by atoms with Gasteiger partial charge in [0, 0.05) is 6.04 Å². The van der Waals surface area contributed by atoms with Crippen molar-refractivity contribution < 1.29 is 14.7 Å². The molecule has 1 aromatic heterocycles. The van der Waals surface area contributed by atoms with Crippen molar-refractivity contribution in [1.29, 1.82) is 0 Å². The maximum Gasteiger partial charge on any atom is 0.305 e. The second kappa shape index (κ2) is 7.25. The molecular formula is C17H22N4O3. The number of aryl methyl sites for hydroxylation is 1. The maximum absolute atomic E-state index is 12.2. The number of para-hydroxylation sites is 1. The summed E-state index contributed by atoms with van der Waals surface area (Å²) in [5, 5.41) is 15.7. The van der Waals surface area contributed by atoms with E-state index in [-0.39, 0.29) is 12.2 Å². The van der Waals surface area contributed by atoms with E-state index in [1.54, 1.807) is 18.5 Å². The SMILES string of the molecule is Cc1nc(C(=O)NC(C)CC(=O)O)nn1-c1ccccc1C(C)C. The molecular weight excluding hydrogens is 308 g/mol. The summed E-state index contributed by atoms with van der Waals surface area (Å²) in [6, 6.07) is 7.34. The smallest absolute Gasteiger partial charge is 0.305 e. The minimum Gasteiger partial charge on any atom is -0.481 e. The van der Waals surface area contributed by atoms with Gasteiger partial charge in [-0.05, 0) is 31.4 Å². The third-order valence-electron chi connectivity index (χ3n) is 3.62. The van der Waals surface area contributed by atoms with Gasteiger partial charge in [-0.1, -0.05) is 32.0 Å². The number of rotatable bonds is 6. The van der Waals surface area contributed by atoms with Gasteiger partial charge in [-0.3, -0.25) is 9.59 Å². The fraction of sp³-hybridized carbons (Fsp3) is 0.412. The Bertz CT molecular complexity index is 752. The van der Waals surface area contributed by atoms with Gasteiger partial charge in [-0.25, -0.2) is 9.67 Å². The zero-order valence-corrected chi connectivity index (χ0v) is 14.3. The maximum atomic E-state index is 12.2. The Morgan fingerprint density at radius 1 is 1.25 bits per heavy atom. The number of amides is 1. The first-order valence-corrected chi connectivity index (χ1v) is 7.85. The van der Waals surface area contributed by atoms with Gasteiger partial charge in [0.25, 0.3) is 5.91 Å². The summed E-state index contributed by atoms with van der Waals surface area (Å²) in [5.41, 5.74) is 1.99. The van der Waals surface area contributed by atoms with Crippen LogP contribution in [0.3, 0.4) is 0 Å². The highest BCUT2D eigenvalue weighted by atomic mass is 16.4. The molecule has 2 aromatic rings. The van der Waals surface area contributed by atoms with Crippen LogP contribution in [0.15, 0.2) is 24.3 Å². The first-order chi connectivity index (χ1) is 11.3. The van der Waals surface area contributed by atoms with Gasteiger partial charge in [-0.15, -0.1) is 5.10 Å². The zero-order chi connectivity index (χ0) is 17.9. The lowest BCUT2D eigenvalue weighted by Gasteiger charge is -2.13. The minimum absolute atomic E-state index is 0.0308. The van der Waals surface area contributed by atoms with Crippen LogP contribution in [-0.4, -0.2) is 37.8 Å². The monoisotopic (exact) mass is 330 g/mol. The summed E-state index contributed by atoms with van der Waals surface area (Å²) >= 11 is 0. The highest BCUT2D eigenvalue weighted by Gasteiger charge is 2.19. The molecule has 0 aliphatic carbocycles. The van der Waals surface area contributed by atoms with Crippen LogP contribution in [-0.2, 0) is 4.79 Å². The van der Waals surface area contributed by atoms with Crippen molar-refractivity contribution in [3.8, 4) is 5.69 Å². The van der Waals surface area contributed by atoms with Crippen molar-refractivity contribution in [1.82, 2.24) is 20.1 Å². The van der Waals surface area contributed by atoms with Crippen LogP contribution in [0, 0.1) is 6.92 Å². The number of aromatic nitrogens is 3. The van der Waals surface area contributed by atoms with Crippen molar-refractivity contribution in [2.24, 2.45) is 0 Å². The predicted octanol–water partition coefficient (Wildman–Crippen LogP) is 2.29. The summed E-state index contributed by atoms with van der Waals surface area (Å²) in [6.07, 6.45) is -0.151. The van der Waals surface area contributed by atoms with E-state index < -0.39 is 17.9 Å². The van der Waals surface area contributed by atoms with Crippen LogP contribution in [0.1, 0.15) is 55.1 Å². The molecule has 0 saturated carbocycles. The van der Waals surface area contributed by atoms with Crippen LogP contribution in [0.25, 0.3) is 5.69 Å². The lowest BCUT2D eigenvalue weighted by Crippen LogP contribution is -2.34. The lowest BCUT2D eigenvalue weighted by molar-refractivity contribution is -0.137. The van der Waals surface area contributed by atoms with Crippen LogP contribution < -0.4 is 5.32 Å². The molecule has 0 bridgehead atoms. The number of carboxylic acids is 1. The van der Waals surface area contributed by atoms with Gasteiger partial charge in [0.2, 0.25) is 5.82 Å². The molecule has 1 unspecified atom stereocenters. The first kappa shape index (κ1) is 17.7. The normalized spacial score (nSPS) is 12.2. The van der Waals surface area contributed by atoms with Crippen molar-refractivity contribution in [3.63, 3.8) is 0 Å². The number of nitrogens with one attached hydrogen (secondary N) is 1. The quantitative estimate of drug-likeness (QED) is 0.847. The Balaban J connectivity index is 2.28. The number of carboxylic acid groups (broad SMARTS) is 1. The Labute approximate surface area is 140 Å². The van der Waals surface area contributed by atoms with Crippen LogP contribution in [0.5, 0.6) is 0 Å². The molecule has 24 heavy (non-hydrogen) atoms. The highest BCUT2D eigenvalue weighted by molar-refractivity contribution is 5.90. The number of carbonyl (C=O) groups is 2. The van der Waals surface area contributed by atoms with E-state index in [4.69, 9.17) is 5.11 Å². The molecule has 1 heterocycles. The number of carbonyl (C=O) groups excluding carboxylic acids is 1. The minimum atomic E-state index is -0.969. The summed E-state index contributed by atoms with van der Waals surface area (Å²) in [6.45, 7) is 7.59. The molecule has 0 fully saturated rings. The molecule has 0 saturated heterocycles. The molecule has 0 aliphatic heterocycles.